The van der Waals surface area contributed by atoms with Gasteiger partial charge in [0.25, 0.3) is 10.0 Å². The zero-order chi connectivity index (χ0) is 29.4. The Balaban J connectivity index is 1.25. The molecule has 2 aromatic heterocycles. The standard InChI is InChI=1S/C30H25ClFN7O2S/c31-24-7-3-4-19(23(24)16-33)14-18-8-11-22(12-9-18)42(40,41)38-26-13-10-20(15-25(26)32)28-27-29(34)35-17-36-30(27)39(37-28)21-5-1-2-6-21/h3-4,7-13,15,17,21,38H,1-2,5-6,14H2,(H2,34,35,36). The van der Waals surface area contributed by atoms with Crippen LogP contribution in [0.2, 0.25) is 5.02 Å². The first-order valence-electron chi connectivity index (χ1n) is 13.3. The number of fused-ring (bicyclic) bond motifs is 1. The van der Waals surface area contributed by atoms with E-state index in [1.807, 2.05) is 4.68 Å². The van der Waals surface area contributed by atoms with Gasteiger partial charge in [-0.2, -0.15) is 10.4 Å². The van der Waals surface area contributed by atoms with Gasteiger partial charge in [0.2, 0.25) is 0 Å². The zero-order valence-corrected chi connectivity index (χ0v) is 23.8. The van der Waals surface area contributed by atoms with Gasteiger partial charge in [0.15, 0.2) is 5.65 Å². The van der Waals surface area contributed by atoms with E-state index in [0.717, 1.165) is 36.8 Å². The normalized spacial score (nSPS) is 13.8. The molecule has 3 N–H and O–H groups in total. The van der Waals surface area contributed by atoms with E-state index in [0.29, 0.717) is 39.3 Å². The highest BCUT2D eigenvalue weighted by atomic mass is 35.5. The second kappa shape index (κ2) is 11.0. The number of aromatic nitrogens is 4. The van der Waals surface area contributed by atoms with Crippen LogP contribution in [0.3, 0.4) is 0 Å². The third-order valence-electron chi connectivity index (χ3n) is 7.52. The van der Waals surface area contributed by atoms with Crippen molar-refractivity contribution < 1.29 is 12.8 Å². The minimum atomic E-state index is -4.09. The minimum Gasteiger partial charge on any atom is -0.383 e. The van der Waals surface area contributed by atoms with E-state index in [2.05, 4.69) is 20.8 Å². The first-order valence-corrected chi connectivity index (χ1v) is 15.2. The van der Waals surface area contributed by atoms with Crippen molar-refractivity contribution in [3.8, 4) is 17.3 Å². The highest BCUT2D eigenvalue weighted by molar-refractivity contribution is 7.92. The van der Waals surface area contributed by atoms with E-state index in [-0.39, 0.29) is 22.4 Å². The molecule has 212 valence electrons. The summed E-state index contributed by atoms with van der Waals surface area (Å²) in [6.45, 7) is 0. The largest absolute Gasteiger partial charge is 0.383 e. The molecule has 3 aromatic carbocycles. The zero-order valence-electron chi connectivity index (χ0n) is 22.3. The lowest BCUT2D eigenvalue weighted by molar-refractivity contribution is 0.479. The van der Waals surface area contributed by atoms with Crippen molar-refractivity contribution in [2.24, 2.45) is 0 Å². The lowest BCUT2D eigenvalue weighted by Gasteiger charge is -2.11. The second-order valence-electron chi connectivity index (χ2n) is 10.2. The van der Waals surface area contributed by atoms with Gasteiger partial charge in [0, 0.05) is 5.56 Å². The highest BCUT2D eigenvalue weighted by Crippen LogP contribution is 2.37. The number of nitrogens with zero attached hydrogens (tertiary/aromatic N) is 5. The monoisotopic (exact) mass is 601 g/mol. The Morgan fingerprint density at radius 1 is 1.10 bits per heavy atom. The number of sulfonamides is 1. The summed E-state index contributed by atoms with van der Waals surface area (Å²) in [5, 5.41) is 15.1. The van der Waals surface area contributed by atoms with Crippen LogP contribution in [0.15, 0.2) is 71.9 Å². The number of benzene rings is 3. The summed E-state index contributed by atoms with van der Waals surface area (Å²) in [6, 6.07) is 17.8. The topological polar surface area (TPSA) is 140 Å². The fourth-order valence-corrected chi connectivity index (χ4v) is 6.70. The van der Waals surface area contributed by atoms with E-state index in [4.69, 9.17) is 22.4 Å². The molecule has 1 fully saturated rings. The van der Waals surface area contributed by atoms with Crippen molar-refractivity contribution in [2.75, 3.05) is 10.5 Å². The number of hydrogen-bond acceptors (Lipinski definition) is 7. The van der Waals surface area contributed by atoms with Crippen molar-refractivity contribution in [3.63, 3.8) is 0 Å². The molecule has 9 nitrogen and oxygen atoms in total. The van der Waals surface area contributed by atoms with E-state index in [1.54, 1.807) is 36.4 Å². The molecule has 0 spiro atoms. The minimum absolute atomic E-state index is 0.0347. The van der Waals surface area contributed by atoms with Gasteiger partial charge in [0.05, 0.1) is 32.6 Å². The Kier molecular flexibility index (Phi) is 7.26. The molecular weight excluding hydrogens is 577 g/mol. The van der Waals surface area contributed by atoms with E-state index >= 15 is 4.39 Å². The molecule has 1 aliphatic carbocycles. The van der Waals surface area contributed by atoms with Crippen molar-refractivity contribution >= 4 is 44.2 Å². The number of hydrogen-bond donors (Lipinski definition) is 2. The number of anilines is 2. The molecule has 0 unspecified atom stereocenters. The number of nitrogens with one attached hydrogen (secondary N) is 1. The van der Waals surface area contributed by atoms with Gasteiger partial charge in [-0.25, -0.2) is 27.5 Å². The number of halogens is 2. The van der Waals surface area contributed by atoms with E-state index < -0.39 is 15.8 Å². The predicted octanol–water partition coefficient (Wildman–Crippen LogP) is 6.25. The van der Waals surface area contributed by atoms with Crippen LogP contribution in [0.25, 0.3) is 22.3 Å². The Morgan fingerprint density at radius 2 is 1.86 bits per heavy atom. The van der Waals surface area contributed by atoms with Gasteiger partial charge in [-0.3, -0.25) is 4.72 Å². The van der Waals surface area contributed by atoms with Gasteiger partial charge in [0.1, 0.15) is 29.7 Å². The maximum absolute atomic E-state index is 15.3. The SMILES string of the molecule is N#Cc1c(Cl)cccc1Cc1ccc(S(=O)(=O)Nc2ccc(-c3nn(C4CCCC4)c4ncnc(N)c34)cc2F)cc1. The molecule has 1 aliphatic rings. The molecule has 12 heteroatoms. The fraction of sp³-hybridized carbons (Fsp3) is 0.200. The first kappa shape index (κ1) is 27.6. The number of nitriles is 1. The number of nitrogen functional groups attached to an aromatic ring is 1. The van der Waals surface area contributed by atoms with Crippen molar-refractivity contribution in [2.45, 2.75) is 43.0 Å². The third-order valence-corrected chi connectivity index (χ3v) is 9.21. The quantitative estimate of drug-likeness (QED) is 0.225. The smallest absolute Gasteiger partial charge is 0.261 e. The van der Waals surface area contributed by atoms with Crippen LogP contribution in [-0.2, 0) is 16.4 Å². The summed E-state index contributed by atoms with van der Waals surface area (Å²) in [4.78, 5) is 8.47. The second-order valence-corrected chi connectivity index (χ2v) is 12.3. The van der Waals surface area contributed by atoms with Crippen LogP contribution in [0.1, 0.15) is 48.4 Å². The van der Waals surface area contributed by atoms with Gasteiger partial charge in [-0.05, 0) is 60.7 Å². The van der Waals surface area contributed by atoms with Gasteiger partial charge >= 0.3 is 0 Å². The number of rotatable bonds is 7. The molecule has 0 radical (unpaired) electrons. The van der Waals surface area contributed by atoms with Crippen LogP contribution >= 0.6 is 11.6 Å². The fourth-order valence-electron chi connectivity index (χ4n) is 5.40. The molecular formula is C30H25ClFN7O2S. The average Bonchev–Trinajstić information content (AvgIpc) is 3.64. The summed E-state index contributed by atoms with van der Waals surface area (Å²) in [6.07, 6.45) is 5.92. The lowest BCUT2D eigenvalue weighted by atomic mass is 10.0. The predicted molar refractivity (Wildman–Crippen MR) is 159 cm³/mol. The molecule has 0 bridgehead atoms. The Bertz CT molecular complexity index is 1960. The van der Waals surface area contributed by atoms with Crippen LogP contribution < -0.4 is 10.5 Å². The molecule has 0 atom stereocenters. The third kappa shape index (κ3) is 5.15. The molecule has 5 aromatic rings. The molecule has 1 saturated carbocycles. The van der Waals surface area contributed by atoms with Crippen LogP contribution in [0.5, 0.6) is 0 Å². The molecule has 6 rings (SSSR count). The van der Waals surface area contributed by atoms with Gasteiger partial charge < -0.3 is 5.73 Å². The Hall–Kier alpha value is -4.53. The van der Waals surface area contributed by atoms with Crippen LogP contribution in [-0.4, -0.2) is 28.2 Å². The molecule has 0 aliphatic heterocycles. The molecule has 0 amide bonds. The first-order chi connectivity index (χ1) is 20.2. The summed E-state index contributed by atoms with van der Waals surface area (Å²) in [5.41, 5.74) is 9.35. The molecule has 2 heterocycles. The Labute approximate surface area is 246 Å². The average molecular weight is 602 g/mol. The van der Waals surface area contributed by atoms with Crippen molar-refractivity contribution in [3.05, 3.63) is 94.5 Å². The summed E-state index contributed by atoms with van der Waals surface area (Å²) >= 11 is 6.12. The molecule has 42 heavy (non-hydrogen) atoms. The Morgan fingerprint density at radius 3 is 2.57 bits per heavy atom. The van der Waals surface area contributed by atoms with Gasteiger partial charge in [-0.15, -0.1) is 0 Å². The maximum atomic E-state index is 15.3. The van der Waals surface area contributed by atoms with E-state index in [9.17, 15) is 13.7 Å². The summed E-state index contributed by atoms with van der Waals surface area (Å²) in [7, 11) is -4.09. The number of nitrogens with two attached hydrogens (primary N) is 1. The van der Waals surface area contributed by atoms with Crippen molar-refractivity contribution in [1.29, 1.82) is 5.26 Å². The summed E-state index contributed by atoms with van der Waals surface area (Å²) < 4.78 is 45.7. The van der Waals surface area contributed by atoms with Crippen molar-refractivity contribution in [1.82, 2.24) is 19.7 Å². The lowest BCUT2D eigenvalue weighted by Crippen LogP contribution is -2.14. The maximum Gasteiger partial charge on any atom is 0.261 e. The molecule has 0 saturated heterocycles. The van der Waals surface area contributed by atoms with Crippen LogP contribution in [0, 0.1) is 17.1 Å². The summed E-state index contributed by atoms with van der Waals surface area (Å²) in [5.74, 6) is -0.524. The highest BCUT2D eigenvalue weighted by Gasteiger charge is 2.25. The van der Waals surface area contributed by atoms with E-state index in [1.165, 1.54) is 30.6 Å². The van der Waals surface area contributed by atoms with Crippen LogP contribution in [0.4, 0.5) is 15.9 Å². The van der Waals surface area contributed by atoms with Gasteiger partial charge in [-0.1, -0.05) is 54.8 Å².